The van der Waals surface area contributed by atoms with Crippen LogP contribution in [-0.2, 0) is 13.0 Å². The van der Waals surface area contributed by atoms with Crippen molar-refractivity contribution in [3.8, 4) is 0 Å². The zero-order valence-electron chi connectivity index (χ0n) is 8.39. The fourth-order valence-electron chi connectivity index (χ4n) is 1.32. The van der Waals surface area contributed by atoms with Crippen LogP contribution in [0.3, 0.4) is 0 Å². The molecular formula is C11H13N3S. The van der Waals surface area contributed by atoms with Gasteiger partial charge in [-0.1, -0.05) is 0 Å². The number of hydrogen-bond donors (Lipinski definition) is 1. The Balaban J connectivity index is 1.68. The molecule has 0 spiro atoms. The van der Waals surface area contributed by atoms with Gasteiger partial charge in [-0.2, -0.15) is 11.3 Å². The lowest BCUT2D eigenvalue weighted by molar-refractivity contribution is 0.683. The van der Waals surface area contributed by atoms with Gasteiger partial charge in [0.05, 0.1) is 0 Å². The molecule has 15 heavy (non-hydrogen) atoms. The number of rotatable bonds is 5. The van der Waals surface area contributed by atoms with E-state index in [0.717, 1.165) is 25.1 Å². The van der Waals surface area contributed by atoms with Crippen LogP contribution >= 0.6 is 11.3 Å². The van der Waals surface area contributed by atoms with E-state index < -0.39 is 0 Å². The SMILES string of the molecule is c1ncc(CNCCc2ccsc2)cn1. The van der Waals surface area contributed by atoms with E-state index in [9.17, 15) is 0 Å². The van der Waals surface area contributed by atoms with E-state index in [1.165, 1.54) is 5.56 Å². The maximum atomic E-state index is 3.96. The van der Waals surface area contributed by atoms with Crippen molar-refractivity contribution in [2.24, 2.45) is 0 Å². The van der Waals surface area contributed by atoms with E-state index in [1.54, 1.807) is 17.7 Å². The van der Waals surface area contributed by atoms with Gasteiger partial charge in [0, 0.05) is 24.5 Å². The maximum Gasteiger partial charge on any atom is 0.115 e. The minimum Gasteiger partial charge on any atom is -0.312 e. The lowest BCUT2D eigenvalue weighted by Gasteiger charge is -2.02. The monoisotopic (exact) mass is 219 g/mol. The third-order valence-electron chi connectivity index (χ3n) is 2.11. The highest BCUT2D eigenvalue weighted by Crippen LogP contribution is 2.05. The molecule has 0 saturated heterocycles. The standard InChI is InChI=1S/C11H13N3S/c1(10-2-4-15-8-10)3-12-5-11-6-13-9-14-7-11/h2,4,6-9,12H,1,3,5H2. The minimum absolute atomic E-state index is 0.838. The molecule has 2 heterocycles. The van der Waals surface area contributed by atoms with Crippen LogP contribution in [0.5, 0.6) is 0 Å². The van der Waals surface area contributed by atoms with E-state index in [1.807, 2.05) is 12.4 Å². The van der Waals surface area contributed by atoms with E-state index in [4.69, 9.17) is 0 Å². The first-order valence-corrected chi connectivity index (χ1v) is 5.85. The Morgan fingerprint density at radius 3 is 2.80 bits per heavy atom. The van der Waals surface area contributed by atoms with Gasteiger partial charge in [-0.3, -0.25) is 0 Å². The van der Waals surface area contributed by atoms with E-state index in [0.29, 0.717) is 0 Å². The lowest BCUT2D eigenvalue weighted by Crippen LogP contribution is -2.16. The van der Waals surface area contributed by atoms with Crippen molar-refractivity contribution in [3.05, 3.63) is 46.7 Å². The molecule has 4 heteroatoms. The fourth-order valence-corrected chi connectivity index (χ4v) is 2.02. The molecule has 0 aliphatic carbocycles. The molecule has 78 valence electrons. The summed E-state index contributed by atoms with van der Waals surface area (Å²) in [4.78, 5) is 7.93. The summed E-state index contributed by atoms with van der Waals surface area (Å²) in [5.74, 6) is 0. The molecule has 0 bridgehead atoms. The Labute approximate surface area is 93.2 Å². The third kappa shape index (κ3) is 3.42. The second-order valence-electron chi connectivity index (χ2n) is 3.31. The lowest BCUT2D eigenvalue weighted by atomic mass is 10.2. The number of hydrogen-bond acceptors (Lipinski definition) is 4. The highest BCUT2D eigenvalue weighted by atomic mass is 32.1. The Kier molecular flexibility index (Phi) is 3.82. The molecule has 0 fully saturated rings. The molecule has 2 rings (SSSR count). The number of nitrogens with one attached hydrogen (secondary N) is 1. The Morgan fingerprint density at radius 2 is 2.07 bits per heavy atom. The number of thiophene rings is 1. The first kappa shape index (κ1) is 10.3. The third-order valence-corrected chi connectivity index (χ3v) is 2.85. The van der Waals surface area contributed by atoms with Gasteiger partial charge in [0.25, 0.3) is 0 Å². The average Bonchev–Trinajstić information content (AvgIpc) is 2.79. The quantitative estimate of drug-likeness (QED) is 0.780. The van der Waals surface area contributed by atoms with Crippen molar-refractivity contribution in [1.82, 2.24) is 15.3 Å². The van der Waals surface area contributed by atoms with Crippen molar-refractivity contribution in [3.63, 3.8) is 0 Å². The first-order chi connectivity index (χ1) is 7.45. The average molecular weight is 219 g/mol. The van der Waals surface area contributed by atoms with Crippen LogP contribution in [-0.4, -0.2) is 16.5 Å². The molecule has 1 N–H and O–H groups in total. The summed E-state index contributed by atoms with van der Waals surface area (Å²) < 4.78 is 0. The molecule has 2 aromatic rings. The first-order valence-electron chi connectivity index (χ1n) is 4.91. The molecular weight excluding hydrogens is 206 g/mol. The molecule has 3 nitrogen and oxygen atoms in total. The van der Waals surface area contributed by atoms with Gasteiger partial charge in [-0.05, 0) is 35.4 Å². The van der Waals surface area contributed by atoms with Crippen LogP contribution in [0.15, 0.2) is 35.5 Å². The second-order valence-corrected chi connectivity index (χ2v) is 4.09. The van der Waals surface area contributed by atoms with Gasteiger partial charge in [-0.25, -0.2) is 9.97 Å². The molecule has 0 unspecified atom stereocenters. The molecule has 0 aliphatic heterocycles. The fraction of sp³-hybridized carbons (Fsp3) is 0.273. The van der Waals surface area contributed by atoms with Crippen molar-refractivity contribution >= 4 is 11.3 Å². The summed E-state index contributed by atoms with van der Waals surface area (Å²) >= 11 is 1.75. The van der Waals surface area contributed by atoms with Crippen molar-refractivity contribution in [2.75, 3.05) is 6.54 Å². The van der Waals surface area contributed by atoms with Crippen molar-refractivity contribution < 1.29 is 0 Å². The van der Waals surface area contributed by atoms with Gasteiger partial charge in [-0.15, -0.1) is 0 Å². The topological polar surface area (TPSA) is 37.8 Å². The molecule has 0 aliphatic rings. The summed E-state index contributed by atoms with van der Waals surface area (Å²) in [7, 11) is 0. The van der Waals surface area contributed by atoms with E-state index >= 15 is 0 Å². The largest absolute Gasteiger partial charge is 0.312 e. The van der Waals surface area contributed by atoms with Gasteiger partial charge in [0.1, 0.15) is 6.33 Å². The van der Waals surface area contributed by atoms with Crippen molar-refractivity contribution in [1.29, 1.82) is 0 Å². The molecule has 2 aromatic heterocycles. The predicted octanol–water partition coefficient (Wildman–Crippen LogP) is 1.87. The predicted molar refractivity (Wildman–Crippen MR) is 61.8 cm³/mol. The summed E-state index contributed by atoms with van der Waals surface area (Å²) in [5.41, 5.74) is 2.53. The van der Waals surface area contributed by atoms with Crippen molar-refractivity contribution in [2.45, 2.75) is 13.0 Å². The summed E-state index contributed by atoms with van der Waals surface area (Å²) in [5, 5.41) is 7.66. The normalized spacial score (nSPS) is 10.4. The highest BCUT2D eigenvalue weighted by Gasteiger charge is 1.94. The van der Waals surface area contributed by atoms with Crippen LogP contribution in [0.1, 0.15) is 11.1 Å². The van der Waals surface area contributed by atoms with Crippen LogP contribution in [0.25, 0.3) is 0 Å². The van der Waals surface area contributed by atoms with Crippen LogP contribution in [0.2, 0.25) is 0 Å². The Bertz CT molecular complexity index is 372. The van der Waals surface area contributed by atoms with E-state index in [-0.39, 0.29) is 0 Å². The summed E-state index contributed by atoms with van der Waals surface area (Å²) in [6.45, 7) is 1.83. The van der Waals surface area contributed by atoms with Crippen LogP contribution in [0.4, 0.5) is 0 Å². The summed E-state index contributed by atoms with van der Waals surface area (Å²) in [6, 6.07) is 2.16. The molecule has 0 radical (unpaired) electrons. The second kappa shape index (κ2) is 5.58. The maximum absolute atomic E-state index is 3.96. The smallest absolute Gasteiger partial charge is 0.115 e. The van der Waals surface area contributed by atoms with Gasteiger partial charge in [0.2, 0.25) is 0 Å². The number of nitrogens with zero attached hydrogens (tertiary/aromatic N) is 2. The molecule has 0 aromatic carbocycles. The van der Waals surface area contributed by atoms with Crippen LogP contribution in [0, 0.1) is 0 Å². The molecule has 0 atom stereocenters. The minimum atomic E-state index is 0.838. The molecule has 0 saturated carbocycles. The van der Waals surface area contributed by atoms with Crippen LogP contribution < -0.4 is 5.32 Å². The van der Waals surface area contributed by atoms with E-state index in [2.05, 4.69) is 32.1 Å². The Hall–Kier alpha value is -1.26. The zero-order chi connectivity index (χ0) is 10.3. The zero-order valence-corrected chi connectivity index (χ0v) is 9.20. The van der Waals surface area contributed by atoms with Gasteiger partial charge in [0.15, 0.2) is 0 Å². The molecule has 0 amide bonds. The summed E-state index contributed by atoms with van der Waals surface area (Å²) in [6.07, 6.45) is 6.31. The van der Waals surface area contributed by atoms with Gasteiger partial charge >= 0.3 is 0 Å². The number of aromatic nitrogens is 2. The van der Waals surface area contributed by atoms with Gasteiger partial charge < -0.3 is 5.32 Å². The highest BCUT2D eigenvalue weighted by molar-refractivity contribution is 7.07. The Morgan fingerprint density at radius 1 is 1.20 bits per heavy atom.